The van der Waals surface area contributed by atoms with Gasteiger partial charge in [0, 0.05) is 48.3 Å². The maximum absolute atomic E-state index is 12.5. The Morgan fingerprint density at radius 1 is 1.24 bits per heavy atom. The number of carbonyl (C=O) groups is 2. The van der Waals surface area contributed by atoms with Crippen molar-refractivity contribution in [2.24, 2.45) is 11.7 Å². The van der Waals surface area contributed by atoms with Crippen molar-refractivity contribution >= 4 is 41.7 Å². The summed E-state index contributed by atoms with van der Waals surface area (Å²) < 4.78 is 0. The molecule has 1 saturated carbocycles. The standard InChI is InChI=1S/C18H25N3O2S.ClH/c19-16-6-2-3-13(16)12-17(22)20-15-5-1-4-14(11-15)18(23)21-7-9-24-10-8-21;/h1,4-5,11,13,16H,2-3,6-10,12,19H2,(H,20,22);1H/t13-,16+;/m0./s1. The first-order valence-corrected chi connectivity index (χ1v) is 9.81. The van der Waals surface area contributed by atoms with Crippen LogP contribution in [0.3, 0.4) is 0 Å². The minimum atomic E-state index is -0.0173. The molecule has 2 atom stereocenters. The number of rotatable bonds is 4. The van der Waals surface area contributed by atoms with Crippen molar-refractivity contribution in [2.45, 2.75) is 31.7 Å². The summed E-state index contributed by atoms with van der Waals surface area (Å²) in [6.45, 7) is 1.58. The maximum atomic E-state index is 12.5. The molecule has 25 heavy (non-hydrogen) atoms. The molecule has 2 aliphatic rings. The van der Waals surface area contributed by atoms with Crippen LogP contribution in [0.15, 0.2) is 24.3 Å². The first kappa shape index (κ1) is 20.1. The monoisotopic (exact) mass is 383 g/mol. The Kier molecular flexibility index (Phi) is 7.59. The van der Waals surface area contributed by atoms with Crippen molar-refractivity contribution < 1.29 is 9.59 Å². The molecule has 0 unspecified atom stereocenters. The molecule has 3 N–H and O–H groups in total. The number of benzene rings is 1. The van der Waals surface area contributed by atoms with Gasteiger partial charge in [-0.15, -0.1) is 12.4 Å². The van der Waals surface area contributed by atoms with Crippen molar-refractivity contribution in [1.82, 2.24) is 4.90 Å². The Balaban J connectivity index is 0.00000225. The summed E-state index contributed by atoms with van der Waals surface area (Å²) in [5, 5.41) is 2.92. The van der Waals surface area contributed by atoms with Crippen molar-refractivity contribution in [2.75, 3.05) is 29.9 Å². The van der Waals surface area contributed by atoms with Gasteiger partial charge in [0.25, 0.3) is 5.91 Å². The van der Waals surface area contributed by atoms with Crippen LogP contribution in [0.25, 0.3) is 0 Å². The smallest absolute Gasteiger partial charge is 0.253 e. The number of carbonyl (C=O) groups excluding carboxylic acids is 2. The van der Waals surface area contributed by atoms with E-state index in [1.807, 2.05) is 34.9 Å². The van der Waals surface area contributed by atoms with Crippen molar-refractivity contribution in [3.05, 3.63) is 29.8 Å². The second-order valence-electron chi connectivity index (χ2n) is 6.59. The lowest BCUT2D eigenvalue weighted by Crippen LogP contribution is -2.37. The second kappa shape index (κ2) is 9.46. The molecule has 0 aromatic heterocycles. The van der Waals surface area contributed by atoms with E-state index in [-0.39, 0.29) is 36.2 Å². The van der Waals surface area contributed by atoms with E-state index in [2.05, 4.69) is 5.32 Å². The molecule has 0 spiro atoms. The Morgan fingerprint density at radius 3 is 2.68 bits per heavy atom. The molecule has 2 fully saturated rings. The number of halogens is 1. The fourth-order valence-electron chi connectivity index (χ4n) is 3.45. The summed E-state index contributed by atoms with van der Waals surface area (Å²) in [4.78, 5) is 26.7. The van der Waals surface area contributed by atoms with Gasteiger partial charge < -0.3 is 16.0 Å². The number of thioether (sulfide) groups is 1. The molecule has 1 heterocycles. The average molecular weight is 384 g/mol. The van der Waals surface area contributed by atoms with Crippen molar-refractivity contribution in [3.8, 4) is 0 Å². The van der Waals surface area contributed by atoms with E-state index in [1.54, 1.807) is 6.07 Å². The van der Waals surface area contributed by atoms with Crippen LogP contribution in [-0.4, -0.2) is 47.4 Å². The van der Waals surface area contributed by atoms with E-state index in [0.717, 1.165) is 43.9 Å². The highest BCUT2D eigenvalue weighted by atomic mass is 35.5. The van der Waals surface area contributed by atoms with Crippen molar-refractivity contribution in [1.29, 1.82) is 0 Å². The number of hydrogen-bond acceptors (Lipinski definition) is 4. The van der Waals surface area contributed by atoms with E-state index in [1.165, 1.54) is 0 Å². The fraction of sp³-hybridized carbons (Fsp3) is 0.556. The van der Waals surface area contributed by atoms with Gasteiger partial charge in [-0.2, -0.15) is 11.8 Å². The molecule has 3 rings (SSSR count). The van der Waals surface area contributed by atoms with Crippen LogP contribution in [0.4, 0.5) is 5.69 Å². The normalized spacial score (nSPS) is 23.0. The lowest BCUT2D eigenvalue weighted by atomic mass is 10.00. The van der Waals surface area contributed by atoms with Crippen molar-refractivity contribution in [3.63, 3.8) is 0 Å². The maximum Gasteiger partial charge on any atom is 0.253 e. The third kappa shape index (κ3) is 5.36. The molecule has 1 aliphatic carbocycles. The van der Waals surface area contributed by atoms with E-state index < -0.39 is 0 Å². The van der Waals surface area contributed by atoms with Crippen LogP contribution in [0, 0.1) is 5.92 Å². The molecular formula is C18H26ClN3O2S. The summed E-state index contributed by atoms with van der Waals surface area (Å²) >= 11 is 1.88. The zero-order valence-electron chi connectivity index (χ0n) is 14.3. The summed E-state index contributed by atoms with van der Waals surface area (Å²) in [5.41, 5.74) is 7.36. The van der Waals surface area contributed by atoms with Gasteiger partial charge in [0.05, 0.1) is 0 Å². The molecule has 0 bridgehead atoms. The first-order chi connectivity index (χ1) is 11.6. The average Bonchev–Trinajstić information content (AvgIpc) is 3.00. The molecule has 1 aliphatic heterocycles. The predicted octanol–water partition coefficient (Wildman–Crippen LogP) is 2.75. The van der Waals surface area contributed by atoms with Gasteiger partial charge in [-0.25, -0.2) is 0 Å². The lowest BCUT2D eigenvalue weighted by molar-refractivity contribution is -0.117. The van der Waals surface area contributed by atoms with Crippen LogP contribution in [0.5, 0.6) is 0 Å². The minimum absolute atomic E-state index is 0. The van der Waals surface area contributed by atoms with Crippen LogP contribution >= 0.6 is 24.2 Å². The Bertz CT molecular complexity index is 608. The molecule has 0 radical (unpaired) electrons. The minimum Gasteiger partial charge on any atom is -0.337 e. The Morgan fingerprint density at radius 2 is 2.00 bits per heavy atom. The number of hydrogen-bond donors (Lipinski definition) is 2. The third-order valence-corrected chi connectivity index (χ3v) is 5.80. The highest BCUT2D eigenvalue weighted by molar-refractivity contribution is 7.99. The van der Waals surface area contributed by atoms with Gasteiger partial charge in [0.1, 0.15) is 0 Å². The van der Waals surface area contributed by atoms with Crippen LogP contribution in [0.2, 0.25) is 0 Å². The van der Waals surface area contributed by atoms with Crippen LogP contribution < -0.4 is 11.1 Å². The first-order valence-electron chi connectivity index (χ1n) is 8.66. The number of nitrogens with two attached hydrogens (primary N) is 1. The summed E-state index contributed by atoms with van der Waals surface area (Å²) in [5.74, 6) is 2.29. The van der Waals surface area contributed by atoms with Gasteiger partial charge in [-0.1, -0.05) is 12.5 Å². The summed E-state index contributed by atoms with van der Waals surface area (Å²) in [7, 11) is 0. The number of amides is 2. The third-order valence-electron chi connectivity index (χ3n) is 4.86. The molecule has 2 amide bonds. The summed E-state index contributed by atoms with van der Waals surface area (Å²) in [6, 6.07) is 7.38. The molecule has 7 heteroatoms. The Labute approximate surface area is 159 Å². The quantitative estimate of drug-likeness (QED) is 0.838. The van der Waals surface area contributed by atoms with Gasteiger partial charge in [0.15, 0.2) is 0 Å². The number of nitrogens with zero attached hydrogens (tertiary/aromatic N) is 1. The fourth-order valence-corrected chi connectivity index (χ4v) is 4.35. The molecular weight excluding hydrogens is 358 g/mol. The Hall–Kier alpha value is -1.24. The zero-order chi connectivity index (χ0) is 16.9. The predicted molar refractivity (Wildman–Crippen MR) is 105 cm³/mol. The SMILES string of the molecule is Cl.N[C@@H]1CCC[C@H]1CC(=O)Nc1cccc(C(=O)N2CCSCC2)c1. The zero-order valence-corrected chi connectivity index (χ0v) is 15.9. The molecule has 1 aromatic carbocycles. The molecule has 1 saturated heterocycles. The molecule has 138 valence electrons. The van der Waals surface area contributed by atoms with Crippen LogP contribution in [-0.2, 0) is 4.79 Å². The van der Waals surface area contributed by atoms with Gasteiger partial charge in [-0.3, -0.25) is 9.59 Å². The number of nitrogens with one attached hydrogen (secondary N) is 1. The topological polar surface area (TPSA) is 75.4 Å². The highest BCUT2D eigenvalue weighted by Gasteiger charge is 2.26. The molecule has 1 aromatic rings. The highest BCUT2D eigenvalue weighted by Crippen LogP contribution is 2.27. The van der Waals surface area contributed by atoms with Gasteiger partial charge in [-0.05, 0) is 37.0 Å². The van der Waals surface area contributed by atoms with Gasteiger partial charge >= 0.3 is 0 Å². The lowest BCUT2D eigenvalue weighted by Gasteiger charge is -2.26. The summed E-state index contributed by atoms with van der Waals surface area (Å²) in [6.07, 6.45) is 3.61. The number of anilines is 1. The second-order valence-corrected chi connectivity index (χ2v) is 7.82. The molecule has 5 nitrogen and oxygen atoms in total. The van der Waals surface area contributed by atoms with E-state index in [9.17, 15) is 9.59 Å². The largest absolute Gasteiger partial charge is 0.337 e. The van der Waals surface area contributed by atoms with E-state index in [4.69, 9.17) is 5.73 Å². The van der Waals surface area contributed by atoms with E-state index >= 15 is 0 Å². The van der Waals surface area contributed by atoms with Crippen LogP contribution in [0.1, 0.15) is 36.0 Å². The van der Waals surface area contributed by atoms with Gasteiger partial charge in [0.2, 0.25) is 5.91 Å². The van der Waals surface area contributed by atoms with E-state index in [0.29, 0.717) is 17.7 Å².